The van der Waals surface area contributed by atoms with Gasteiger partial charge in [-0.1, -0.05) is 20.3 Å². The molecule has 0 aromatic heterocycles. The van der Waals surface area contributed by atoms with Crippen LogP contribution in [0, 0.1) is 0 Å². The minimum Gasteiger partial charge on any atom is -0.396 e. The van der Waals surface area contributed by atoms with Crippen molar-refractivity contribution in [1.82, 2.24) is 5.32 Å². The maximum Gasteiger partial charge on any atom is 0.0431 e. The Kier molecular flexibility index (Phi) is 8.95. The summed E-state index contributed by atoms with van der Waals surface area (Å²) in [6.45, 7) is 5.82. The second-order valence-corrected chi connectivity index (χ2v) is 3.28. The second-order valence-electron chi connectivity index (χ2n) is 3.28. The molecule has 0 bridgehead atoms. The Hall–Kier alpha value is -0.0800. The first-order valence-electron chi connectivity index (χ1n) is 5.19. The quantitative estimate of drug-likeness (QED) is 0.550. The molecule has 0 saturated carbocycles. The summed E-state index contributed by atoms with van der Waals surface area (Å²) in [5.41, 5.74) is 0. The third-order valence-electron chi connectivity index (χ3n) is 2.15. The third kappa shape index (κ3) is 6.62. The summed E-state index contributed by atoms with van der Waals surface area (Å²) in [6.07, 6.45) is 5.76. The van der Waals surface area contributed by atoms with Gasteiger partial charge in [0.1, 0.15) is 0 Å². The molecule has 0 aliphatic heterocycles. The van der Waals surface area contributed by atoms with Crippen molar-refractivity contribution in [3.63, 3.8) is 0 Å². The molecule has 2 nitrogen and oxygen atoms in total. The maximum atomic E-state index is 8.56. The summed E-state index contributed by atoms with van der Waals surface area (Å²) in [5.74, 6) is 0. The average Bonchev–Trinajstić information content (AvgIpc) is 2.10. The summed E-state index contributed by atoms with van der Waals surface area (Å²) >= 11 is 0. The Morgan fingerprint density at radius 2 is 2.00 bits per heavy atom. The fourth-order valence-corrected chi connectivity index (χ4v) is 1.34. The molecule has 0 radical (unpaired) electrons. The number of aliphatic hydroxyl groups excluding tert-OH is 1. The highest BCUT2D eigenvalue weighted by atomic mass is 16.2. The Morgan fingerprint density at radius 3 is 2.50 bits per heavy atom. The van der Waals surface area contributed by atoms with Crippen molar-refractivity contribution >= 4 is 0 Å². The molecule has 12 heavy (non-hydrogen) atoms. The molecule has 0 aliphatic carbocycles. The van der Waals surface area contributed by atoms with E-state index in [-0.39, 0.29) is 0 Å². The van der Waals surface area contributed by atoms with Gasteiger partial charge in [-0.05, 0) is 32.2 Å². The van der Waals surface area contributed by atoms with Gasteiger partial charge in [0.15, 0.2) is 0 Å². The molecule has 0 saturated heterocycles. The van der Waals surface area contributed by atoms with E-state index >= 15 is 0 Å². The minimum atomic E-state index is 0.326. The second kappa shape index (κ2) is 9.01. The van der Waals surface area contributed by atoms with Gasteiger partial charge in [0.05, 0.1) is 0 Å². The molecule has 1 unspecified atom stereocenters. The van der Waals surface area contributed by atoms with Crippen molar-refractivity contribution in [2.75, 3.05) is 13.2 Å². The lowest BCUT2D eigenvalue weighted by atomic mass is 10.1. The standard InChI is InChI=1S/C10H23NO/c1-3-7-10(4-2)11-8-5-6-9-12/h10-12H,3-9H2,1-2H3. The van der Waals surface area contributed by atoms with Crippen molar-refractivity contribution in [3.05, 3.63) is 0 Å². The van der Waals surface area contributed by atoms with Crippen molar-refractivity contribution in [1.29, 1.82) is 0 Å². The first-order valence-corrected chi connectivity index (χ1v) is 5.19. The van der Waals surface area contributed by atoms with Crippen LogP contribution in [-0.2, 0) is 0 Å². The largest absolute Gasteiger partial charge is 0.396 e. The van der Waals surface area contributed by atoms with Crippen LogP contribution in [-0.4, -0.2) is 24.3 Å². The van der Waals surface area contributed by atoms with E-state index in [9.17, 15) is 0 Å². The van der Waals surface area contributed by atoms with E-state index in [1.165, 1.54) is 19.3 Å². The van der Waals surface area contributed by atoms with Gasteiger partial charge in [-0.25, -0.2) is 0 Å². The number of hydrogen-bond donors (Lipinski definition) is 2. The van der Waals surface area contributed by atoms with Gasteiger partial charge in [0.2, 0.25) is 0 Å². The lowest BCUT2D eigenvalue weighted by Gasteiger charge is -2.15. The molecule has 0 aromatic rings. The molecule has 0 amide bonds. The fraction of sp³-hybridized carbons (Fsp3) is 1.00. The SMILES string of the molecule is CCCC(CC)NCCCCO. The van der Waals surface area contributed by atoms with Crippen LogP contribution < -0.4 is 5.32 Å². The molecule has 0 heterocycles. The van der Waals surface area contributed by atoms with Crippen LogP contribution in [0.4, 0.5) is 0 Å². The van der Waals surface area contributed by atoms with Crippen molar-refractivity contribution in [2.45, 2.75) is 52.0 Å². The molecule has 0 spiro atoms. The normalized spacial score (nSPS) is 13.2. The molecule has 0 fully saturated rings. The van der Waals surface area contributed by atoms with E-state index in [1.54, 1.807) is 0 Å². The van der Waals surface area contributed by atoms with Crippen molar-refractivity contribution < 1.29 is 5.11 Å². The Balaban J connectivity index is 3.19. The Morgan fingerprint density at radius 1 is 1.25 bits per heavy atom. The van der Waals surface area contributed by atoms with Crippen molar-refractivity contribution in [3.8, 4) is 0 Å². The van der Waals surface area contributed by atoms with Gasteiger partial charge in [-0.3, -0.25) is 0 Å². The van der Waals surface area contributed by atoms with E-state index < -0.39 is 0 Å². The number of nitrogens with one attached hydrogen (secondary N) is 1. The van der Waals surface area contributed by atoms with E-state index in [2.05, 4.69) is 19.2 Å². The Bertz CT molecular complexity index is 85.9. The number of aliphatic hydroxyl groups is 1. The smallest absolute Gasteiger partial charge is 0.0431 e. The van der Waals surface area contributed by atoms with Crippen LogP contribution in [0.2, 0.25) is 0 Å². The van der Waals surface area contributed by atoms with Crippen LogP contribution in [0.25, 0.3) is 0 Å². The van der Waals surface area contributed by atoms with Gasteiger partial charge in [-0.15, -0.1) is 0 Å². The molecule has 74 valence electrons. The van der Waals surface area contributed by atoms with Crippen LogP contribution in [0.3, 0.4) is 0 Å². The summed E-state index contributed by atoms with van der Waals surface area (Å²) in [6, 6.07) is 0.689. The van der Waals surface area contributed by atoms with Crippen molar-refractivity contribution in [2.24, 2.45) is 0 Å². The van der Waals surface area contributed by atoms with Crippen LogP contribution in [0.5, 0.6) is 0 Å². The summed E-state index contributed by atoms with van der Waals surface area (Å²) in [5, 5.41) is 12.1. The molecule has 0 aliphatic rings. The zero-order valence-corrected chi connectivity index (χ0v) is 8.47. The van der Waals surface area contributed by atoms with Gasteiger partial charge in [0.25, 0.3) is 0 Å². The summed E-state index contributed by atoms with van der Waals surface area (Å²) < 4.78 is 0. The van der Waals surface area contributed by atoms with E-state index in [1.807, 2.05) is 0 Å². The Labute approximate surface area is 76.4 Å². The molecule has 2 N–H and O–H groups in total. The zero-order chi connectivity index (χ0) is 9.23. The minimum absolute atomic E-state index is 0.326. The monoisotopic (exact) mass is 173 g/mol. The molecule has 1 atom stereocenters. The maximum absolute atomic E-state index is 8.56. The molecule has 0 rings (SSSR count). The molecule has 0 aromatic carbocycles. The first-order chi connectivity index (χ1) is 5.85. The molecule has 2 heteroatoms. The van der Waals surface area contributed by atoms with Gasteiger partial charge >= 0.3 is 0 Å². The first kappa shape index (κ1) is 11.9. The summed E-state index contributed by atoms with van der Waals surface area (Å²) in [7, 11) is 0. The van der Waals surface area contributed by atoms with Gasteiger partial charge in [-0.2, -0.15) is 0 Å². The van der Waals surface area contributed by atoms with Crippen LogP contribution in [0.15, 0.2) is 0 Å². The molecular weight excluding hydrogens is 150 g/mol. The number of rotatable bonds is 8. The summed E-state index contributed by atoms with van der Waals surface area (Å²) in [4.78, 5) is 0. The zero-order valence-electron chi connectivity index (χ0n) is 8.47. The van der Waals surface area contributed by atoms with Crippen LogP contribution >= 0.6 is 0 Å². The van der Waals surface area contributed by atoms with Gasteiger partial charge in [0, 0.05) is 12.6 Å². The van der Waals surface area contributed by atoms with E-state index in [0.717, 1.165) is 19.4 Å². The molecular formula is C10H23NO. The fourth-order valence-electron chi connectivity index (χ4n) is 1.34. The highest BCUT2D eigenvalue weighted by Crippen LogP contribution is 2.00. The highest BCUT2D eigenvalue weighted by molar-refractivity contribution is 4.63. The number of hydrogen-bond acceptors (Lipinski definition) is 2. The van der Waals surface area contributed by atoms with Gasteiger partial charge < -0.3 is 10.4 Å². The van der Waals surface area contributed by atoms with E-state index in [4.69, 9.17) is 5.11 Å². The van der Waals surface area contributed by atoms with E-state index in [0.29, 0.717) is 12.6 Å². The number of unbranched alkanes of at least 4 members (excludes halogenated alkanes) is 1. The average molecular weight is 173 g/mol. The highest BCUT2D eigenvalue weighted by Gasteiger charge is 2.01. The lowest BCUT2D eigenvalue weighted by Crippen LogP contribution is -2.29. The predicted octanol–water partition coefficient (Wildman–Crippen LogP) is 1.93. The van der Waals surface area contributed by atoms with Crippen LogP contribution in [0.1, 0.15) is 46.0 Å². The topological polar surface area (TPSA) is 32.3 Å². The lowest BCUT2D eigenvalue weighted by molar-refractivity contribution is 0.282. The third-order valence-corrected chi connectivity index (χ3v) is 2.15. The predicted molar refractivity (Wildman–Crippen MR) is 53.3 cm³/mol.